The van der Waals surface area contributed by atoms with E-state index < -0.39 is 0 Å². The molecule has 1 aromatic carbocycles. The van der Waals surface area contributed by atoms with Gasteiger partial charge >= 0.3 is 6.03 Å². The van der Waals surface area contributed by atoms with Gasteiger partial charge in [-0.3, -0.25) is 0 Å². The molecule has 2 aromatic rings. The monoisotopic (exact) mass is 400 g/mol. The molecule has 1 fully saturated rings. The molecule has 3 rings (SSSR count). The van der Waals surface area contributed by atoms with Crippen molar-refractivity contribution in [2.75, 3.05) is 62.5 Å². The van der Waals surface area contributed by atoms with E-state index in [-0.39, 0.29) is 6.03 Å². The summed E-state index contributed by atoms with van der Waals surface area (Å²) in [5.41, 5.74) is 1.55. The summed E-state index contributed by atoms with van der Waals surface area (Å²) in [5.74, 6) is 2.76. The Labute approximate surface area is 171 Å². The van der Waals surface area contributed by atoms with Crippen LogP contribution in [0, 0.1) is 6.92 Å². The zero-order chi connectivity index (χ0) is 20.8. The van der Waals surface area contributed by atoms with E-state index in [1.807, 2.05) is 19.9 Å². The van der Waals surface area contributed by atoms with Crippen molar-refractivity contribution >= 4 is 23.5 Å². The van der Waals surface area contributed by atoms with Gasteiger partial charge < -0.3 is 29.9 Å². The summed E-state index contributed by atoms with van der Waals surface area (Å²) in [5, 5.41) is 6.08. The number of carbonyl (C=O) groups is 1. The highest BCUT2D eigenvalue weighted by atomic mass is 16.5. The number of aromatic nitrogens is 2. The zero-order valence-electron chi connectivity index (χ0n) is 17.4. The van der Waals surface area contributed by atoms with Crippen molar-refractivity contribution in [3.8, 4) is 11.5 Å². The minimum absolute atomic E-state index is 0.146. The third kappa shape index (κ3) is 5.18. The van der Waals surface area contributed by atoms with Crippen LogP contribution in [0.2, 0.25) is 0 Å². The molecule has 29 heavy (non-hydrogen) atoms. The smallest absolute Gasteiger partial charge is 0.321 e. The van der Waals surface area contributed by atoms with Gasteiger partial charge in [-0.15, -0.1) is 0 Å². The number of urea groups is 1. The lowest BCUT2D eigenvalue weighted by Gasteiger charge is -2.35. The first-order valence-corrected chi connectivity index (χ1v) is 9.66. The van der Waals surface area contributed by atoms with Gasteiger partial charge in [0.1, 0.15) is 17.3 Å². The lowest BCUT2D eigenvalue weighted by Crippen LogP contribution is -2.50. The molecule has 2 N–H and O–H groups in total. The quantitative estimate of drug-likeness (QED) is 0.770. The zero-order valence-corrected chi connectivity index (χ0v) is 17.4. The molecule has 0 unspecified atom stereocenters. The Bertz CT molecular complexity index is 830. The highest BCUT2D eigenvalue weighted by Gasteiger charge is 2.23. The van der Waals surface area contributed by atoms with Gasteiger partial charge in [0, 0.05) is 68.4 Å². The molecule has 1 aromatic heterocycles. The van der Waals surface area contributed by atoms with E-state index in [4.69, 9.17) is 9.47 Å². The average Bonchev–Trinajstić information content (AvgIpc) is 2.73. The lowest BCUT2D eigenvalue weighted by atomic mass is 10.2. The van der Waals surface area contributed by atoms with Gasteiger partial charge in [-0.05, 0) is 13.8 Å². The number of benzene rings is 1. The summed E-state index contributed by atoms with van der Waals surface area (Å²) < 4.78 is 10.5. The second kappa shape index (κ2) is 9.31. The Morgan fingerprint density at radius 3 is 2.28 bits per heavy atom. The van der Waals surface area contributed by atoms with Crippen LogP contribution in [0.3, 0.4) is 0 Å². The summed E-state index contributed by atoms with van der Waals surface area (Å²) in [6.07, 6.45) is 0. The van der Waals surface area contributed by atoms with Crippen LogP contribution in [0.5, 0.6) is 11.5 Å². The number of piperazine rings is 1. The van der Waals surface area contributed by atoms with E-state index >= 15 is 0 Å². The number of rotatable bonds is 6. The third-order valence-corrected chi connectivity index (χ3v) is 4.67. The highest BCUT2D eigenvalue weighted by Crippen LogP contribution is 2.26. The molecule has 156 valence electrons. The number of aryl methyl sites for hydroxylation is 1. The molecule has 1 aliphatic heterocycles. The van der Waals surface area contributed by atoms with E-state index in [1.165, 1.54) is 0 Å². The van der Waals surface area contributed by atoms with Crippen molar-refractivity contribution in [1.29, 1.82) is 0 Å². The van der Waals surface area contributed by atoms with Crippen LogP contribution in [-0.2, 0) is 0 Å². The average molecular weight is 400 g/mol. The van der Waals surface area contributed by atoms with Gasteiger partial charge in [0.05, 0.1) is 14.2 Å². The molecule has 1 aliphatic rings. The first-order chi connectivity index (χ1) is 14.0. The SMILES string of the molecule is CCNc1nc(C)cc(N2CCN(C(=O)Nc3cc(OC)cc(OC)c3)CC2)n1. The molecule has 9 nitrogen and oxygen atoms in total. The molecule has 2 amide bonds. The van der Waals surface area contributed by atoms with Crippen molar-refractivity contribution < 1.29 is 14.3 Å². The number of ether oxygens (including phenoxy) is 2. The van der Waals surface area contributed by atoms with Crippen molar-refractivity contribution in [2.24, 2.45) is 0 Å². The minimum Gasteiger partial charge on any atom is -0.497 e. The Balaban J connectivity index is 1.61. The van der Waals surface area contributed by atoms with Crippen LogP contribution in [0.15, 0.2) is 24.3 Å². The number of carbonyl (C=O) groups excluding carboxylic acids is 1. The van der Waals surface area contributed by atoms with E-state index in [0.29, 0.717) is 49.3 Å². The molecule has 0 radical (unpaired) electrons. The fraction of sp³-hybridized carbons (Fsp3) is 0.450. The van der Waals surface area contributed by atoms with Crippen molar-refractivity contribution in [3.63, 3.8) is 0 Å². The summed E-state index contributed by atoms with van der Waals surface area (Å²) in [7, 11) is 3.16. The molecule has 9 heteroatoms. The van der Waals surface area contributed by atoms with Crippen LogP contribution in [-0.4, -0.2) is 67.8 Å². The number of nitrogens with one attached hydrogen (secondary N) is 2. The summed E-state index contributed by atoms with van der Waals surface area (Å²) in [6, 6.07) is 7.12. The van der Waals surface area contributed by atoms with E-state index in [2.05, 4.69) is 25.5 Å². The molecule has 0 bridgehead atoms. The van der Waals surface area contributed by atoms with Crippen molar-refractivity contribution in [2.45, 2.75) is 13.8 Å². The van der Waals surface area contributed by atoms with Gasteiger partial charge in [0.2, 0.25) is 5.95 Å². The molecule has 0 atom stereocenters. The second-order valence-corrected chi connectivity index (χ2v) is 6.73. The molecule has 1 saturated heterocycles. The van der Waals surface area contributed by atoms with E-state index in [9.17, 15) is 4.79 Å². The lowest BCUT2D eigenvalue weighted by molar-refractivity contribution is 0.208. The Morgan fingerprint density at radius 1 is 1.03 bits per heavy atom. The highest BCUT2D eigenvalue weighted by molar-refractivity contribution is 5.90. The van der Waals surface area contributed by atoms with Crippen LogP contribution in [0.1, 0.15) is 12.6 Å². The number of anilines is 3. The number of methoxy groups -OCH3 is 2. The maximum Gasteiger partial charge on any atom is 0.321 e. The molecular weight excluding hydrogens is 372 g/mol. The Hall–Kier alpha value is -3.23. The number of nitrogens with zero attached hydrogens (tertiary/aromatic N) is 4. The van der Waals surface area contributed by atoms with Crippen molar-refractivity contribution in [1.82, 2.24) is 14.9 Å². The van der Waals surface area contributed by atoms with E-state index in [0.717, 1.165) is 18.1 Å². The van der Waals surface area contributed by atoms with Crippen LogP contribution >= 0.6 is 0 Å². The molecule has 0 saturated carbocycles. The molecule has 0 aliphatic carbocycles. The first kappa shape index (κ1) is 20.5. The molecule has 0 spiro atoms. The number of hydrogen-bond donors (Lipinski definition) is 2. The number of amides is 2. The topological polar surface area (TPSA) is 91.9 Å². The maximum absolute atomic E-state index is 12.7. The van der Waals surface area contributed by atoms with Crippen molar-refractivity contribution in [3.05, 3.63) is 30.0 Å². The second-order valence-electron chi connectivity index (χ2n) is 6.73. The third-order valence-electron chi connectivity index (χ3n) is 4.67. The Morgan fingerprint density at radius 2 is 1.69 bits per heavy atom. The standard InChI is InChI=1S/C20H28N6O3/c1-5-21-19-22-14(2)10-18(24-19)25-6-8-26(9-7-25)20(27)23-15-11-16(28-3)13-17(12-15)29-4/h10-13H,5-9H2,1-4H3,(H,23,27)(H,21,22,24). The Kier molecular flexibility index (Phi) is 6.58. The molecular formula is C20H28N6O3. The molecule has 2 heterocycles. The summed E-state index contributed by atoms with van der Waals surface area (Å²) in [6.45, 7) is 7.36. The van der Waals surface area contributed by atoms with Gasteiger partial charge in [0.15, 0.2) is 0 Å². The van der Waals surface area contributed by atoms with Crippen LogP contribution in [0.25, 0.3) is 0 Å². The van der Waals surface area contributed by atoms with Gasteiger partial charge in [0.25, 0.3) is 0 Å². The van der Waals surface area contributed by atoms with E-state index in [1.54, 1.807) is 37.3 Å². The van der Waals surface area contributed by atoms with Crippen LogP contribution in [0.4, 0.5) is 22.2 Å². The predicted octanol–water partition coefficient (Wildman–Crippen LogP) is 2.59. The van der Waals surface area contributed by atoms with Crippen LogP contribution < -0.4 is 25.0 Å². The normalized spacial score (nSPS) is 13.8. The van der Waals surface area contributed by atoms with Gasteiger partial charge in [-0.1, -0.05) is 0 Å². The number of hydrogen-bond acceptors (Lipinski definition) is 7. The summed E-state index contributed by atoms with van der Waals surface area (Å²) in [4.78, 5) is 25.6. The predicted molar refractivity (Wildman–Crippen MR) is 113 cm³/mol. The summed E-state index contributed by atoms with van der Waals surface area (Å²) >= 11 is 0. The van der Waals surface area contributed by atoms with Gasteiger partial charge in [-0.25, -0.2) is 9.78 Å². The first-order valence-electron chi connectivity index (χ1n) is 9.66. The fourth-order valence-corrected chi connectivity index (χ4v) is 3.17. The fourth-order valence-electron chi connectivity index (χ4n) is 3.17. The van der Waals surface area contributed by atoms with Gasteiger partial charge in [-0.2, -0.15) is 4.98 Å². The largest absolute Gasteiger partial charge is 0.497 e. The minimum atomic E-state index is -0.146. The maximum atomic E-state index is 12.7.